The van der Waals surface area contributed by atoms with E-state index in [2.05, 4.69) is 38.2 Å². The van der Waals surface area contributed by atoms with Crippen molar-refractivity contribution < 1.29 is 4.74 Å². The Morgan fingerprint density at radius 2 is 1.95 bits per heavy atom. The zero-order valence-corrected chi connectivity index (χ0v) is 14.4. The Kier molecular flexibility index (Phi) is 6.09. The highest BCUT2D eigenvalue weighted by Crippen LogP contribution is 2.24. The Bertz CT molecular complexity index is 580. The highest BCUT2D eigenvalue weighted by molar-refractivity contribution is 7.11. The van der Waals surface area contributed by atoms with Crippen LogP contribution in [0.3, 0.4) is 0 Å². The van der Waals surface area contributed by atoms with Gasteiger partial charge in [-0.05, 0) is 42.3 Å². The zero-order chi connectivity index (χ0) is 15.2. The zero-order valence-electron chi connectivity index (χ0n) is 12.8. The Morgan fingerprint density at radius 3 is 2.67 bits per heavy atom. The number of halogens is 1. The van der Waals surface area contributed by atoms with Gasteiger partial charge >= 0.3 is 0 Å². The quantitative estimate of drug-likeness (QED) is 0.770. The number of ether oxygens (including phenoxy) is 1. The average molecular weight is 324 g/mol. The van der Waals surface area contributed by atoms with Crippen LogP contribution in [0.15, 0.2) is 30.3 Å². The molecule has 2 aromatic rings. The second-order valence-corrected chi connectivity index (χ2v) is 6.96. The first-order valence-corrected chi connectivity index (χ1v) is 8.50. The number of benzene rings is 1. The van der Waals surface area contributed by atoms with Crippen LogP contribution in [-0.2, 0) is 19.6 Å². The highest BCUT2D eigenvalue weighted by Gasteiger charge is 2.04. The van der Waals surface area contributed by atoms with Crippen LogP contribution >= 0.6 is 22.9 Å². The lowest BCUT2D eigenvalue weighted by atomic mass is 10.1. The molecule has 4 heteroatoms. The SMILES string of the molecule is CCc1cc(OCc2ccc(CNC(C)C)s2)ccc1Cl. The summed E-state index contributed by atoms with van der Waals surface area (Å²) in [6.07, 6.45) is 0.917. The van der Waals surface area contributed by atoms with Crippen molar-refractivity contribution in [3.8, 4) is 5.75 Å². The van der Waals surface area contributed by atoms with Gasteiger partial charge in [0.1, 0.15) is 12.4 Å². The maximum atomic E-state index is 6.12. The smallest absolute Gasteiger partial charge is 0.122 e. The molecule has 0 spiro atoms. The minimum Gasteiger partial charge on any atom is -0.488 e. The number of hydrogen-bond acceptors (Lipinski definition) is 3. The fourth-order valence-electron chi connectivity index (χ4n) is 1.97. The Balaban J connectivity index is 1.91. The third kappa shape index (κ3) is 5.03. The predicted octanol–water partition coefficient (Wildman–Crippen LogP) is 5.04. The van der Waals surface area contributed by atoms with Crippen LogP contribution in [0.25, 0.3) is 0 Å². The Hall–Kier alpha value is -1.03. The number of hydrogen-bond donors (Lipinski definition) is 1. The number of aryl methyl sites for hydroxylation is 1. The van der Waals surface area contributed by atoms with Gasteiger partial charge in [-0.1, -0.05) is 32.4 Å². The minimum atomic E-state index is 0.508. The van der Waals surface area contributed by atoms with Gasteiger partial charge in [0.2, 0.25) is 0 Å². The second kappa shape index (κ2) is 7.83. The van der Waals surface area contributed by atoms with E-state index in [0.29, 0.717) is 12.6 Å². The normalized spacial score (nSPS) is 11.1. The summed E-state index contributed by atoms with van der Waals surface area (Å²) in [6.45, 7) is 7.94. The predicted molar refractivity (Wildman–Crippen MR) is 91.5 cm³/mol. The standard InChI is InChI=1S/C17H22ClNOS/c1-4-13-9-14(5-8-17(13)18)20-11-16-7-6-15(21-16)10-19-12(2)3/h5-9,12,19H,4,10-11H2,1-3H3. The molecule has 0 bridgehead atoms. The molecule has 0 saturated carbocycles. The van der Waals surface area contributed by atoms with E-state index in [9.17, 15) is 0 Å². The van der Waals surface area contributed by atoms with Crippen LogP contribution in [0.5, 0.6) is 5.75 Å². The van der Waals surface area contributed by atoms with Crippen LogP contribution < -0.4 is 10.1 Å². The molecule has 0 aliphatic heterocycles. The van der Waals surface area contributed by atoms with Gasteiger partial charge in [0.05, 0.1) is 0 Å². The van der Waals surface area contributed by atoms with Crippen molar-refractivity contribution in [2.45, 2.75) is 46.4 Å². The fourth-order valence-corrected chi connectivity index (χ4v) is 3.10. The number of thiophene rings is 1. The molecule has 1 N–H and O–H groups in total. The van der Waals surface area contributed by atoms with E-state index in [1.165, 1.54) is 9.75 Å². The molecular weight excluding hydrogens is 302 g/mol. The summed E-state index contributed by atoms with van der Waals surface area (Å²) < 4.78 is 5.86. The van der Waals surface area contributed by atoms with E-state index in [4.69, 9.17) is 16.3 Å². The van der Waals surface area contributed by atoms with Crippen LogP contribution in [0.1, 0.15) is 36.1 Å². The van der Waals surface area contributed by atoms with Crippen molar-refractivity contribution >= 4 is 22.9 Å². The molecule has 0 saturated heterocycles. The molecule has 0 atom stereocenters. The molecule has 2 nitrogen and oxygen atoms in total. The molecule has 1 heterocycles. The lowest BCUT2D eigenvalue weighted by Gasteiger charge is -2.08. The Morgan fingerprint density at radius 1 is 1.19 bits per heavy atom. The van der Waals surface area contributed by atoms with Gasteiger partial charge in [-0.25, -0.2) is 0 Å². The topological polar surface area (TPSA) is 21.3 Å². The van der Waals surface area contributed by atoms with Crippen molar-refractivity contribution in [2.75, 3.05) is 0 Å². The summed E-state index contributed by atoms with van der Waals surface area (Å²) in [6, 6.07) is 10.7. The van der Waals surface area contributed by atoms with Crippen molar-refractivity contribution in [3.63, 3.8) is 0 Å². The monoisotopic (exact) mass is 323 g/mol. The minimum absolute atomic E-state index is 0.508. The van der Waals surface area contributed by atoms with Crippen molar-refractivity contribution in [1.82, 2.24) is 5.32 Å². The fraction of sp³-hybridized carbons (Fsp3) is 0.412. The first kappa shape index (κ1) is 16.3. The first-order chi connectivity index (χ1) is 10.1. The lowest BCUT2D eigenvalue weighted by Crippen LogP contribution is -2.21. The maximum absolute atomic E-state index is 6.12. The number of nitrogens with one attached hydrogen (secondary N) is 1. The summed E-state index contributed by atoms with van der Waals surface area (Å²) in [5.74, 6) is 0.881. The van der Waals surface area contributed by atoms with Gasteiger partial charge < -0.3 is 10.1 Å². The van der Waals surface area contributed by atoms with Crippen LogP contribution in [0.2, 0.25) is 5.02 Å². The average Bonchev–Trinajstić information content (AvgIpc) is 2.92. The van der Waals surface area contributed by atoms with E-state index in [1.54, 1.807) is 11.3 Å². The van der Waals surface area contributed by atoms with Gasteiger partial charge in [-0.3, -0.25) is 0 Å². The molecule has 0 radical (unpaired) electrons. The third-order valence-electron chi connectivity index (χ3n) is 3.18. The molecule has 0 unspecified atom stereocenters. The summed E-state index contributed by atoms with van der Waals surface area (Å²) in [7, 11) is 0. The van der Waals surface area contributed by atoms with E-state index in [0.717, 1.165) is 29.3 Å². The molecular formula is C17H22ClNOS. The molecule has 0 amide bonds. The van der Waals surface area contributed by atoms with Crippen molar-refractivity contribution in [3.05, 3.63) is 50.7 Å². The number of rotatable bonds is 7. The van der Waals surface area contributed by atoms with Crippen LogP contribution in [0, 0.1) is 0 Å². The molecule has 1 aromatic heterocycles. The summed E-state index contributed by atoms with van der Waals surface area (Å²) in [5.41, 5.74) is 1.13. The van der Waals surface area contributed by atoms with Crippen molar-refractivity contribution in [2.24, 2.45) is 0 Å². The third-order valence-corrected chi connectivity index (χ3v) is 4.61. The largest absolute Gasteiger partial charge is 0.488 e. The summed E-state index contributed by atoms with van der Waals surface area (Å²) in [4.78, 5) is 2.58. The molecule has 0 aliphatic rings. The molecule has 1 aromatic carbocycles. The second-order valence-electron chi connectivity index (χ2n) is 5.30. The first-order valence-electron chi connectivity index (χ1n) is 7.30. The van der Waals surface area contributed by atoms with Gasteiger partial charge in [-0.15, -0.1) is 11.3 Å². The Labute approximate surface area is 136 Å². The van der Waals surface area contributed by atoms with Gasteiger partial charge in [0.25, 0.3) is 0 Å². The van der Waals surface area contributed by atoms with E-state index < -0.39 is 0 Å². The molecule has 114 valence electrons. The van der Waals surface area contributed by atoms with E-state index in [-0.39, 0.29) is 0 Å². The highest BCUT2D eigenvalue weighted by atomic mass is 35.5. The maximum Gasteiger partial charge on any atom is 0.122 e. The molecule has 0 aliphatic carbocycles. The van der Waals surface area contributed by atoms with Crippen molar-refractivity contribution in [1.29, 1.82) is 0 Å². The molecule has 2 rings (SSSR count). The van der Waals surface area contributed by atoms with Gasteiger partial charge in [0.15, 0.2) is 0 Å². The molecule has 21 heavy (non-hydrogen) atoms. The lowest BCUT2D eigenvalue weighted by molar-refractivity contribution is 0.309. The van der Waals surface area contributed by atoms with Crippen LogP contribution in [0.4, 0.5) is 0 Å². The summed E-state index contributed by atoms with van der Waals surface area (Å²) >= 11 is 7.91. The summed E-state index contributed by atoms with van der Waals surface area (Å²) in [5, 5.41) is 4.23. The van der Waals surface area contributed by atoms with Crippen LogP contribution in [-0.4, -0.2) is 6.04 Å². The van der Waals surface area contributed by atoms with E-state index >= 15 is 0 Å². The van der Waals surface area contributed by atoms with Gasteiger partial charge in [0, 0.05) is 27.4 Å². The van der Waals surface area contributed by atoms with Gasteiger partial charge in [-0.2, -0.15) is 0 Å². The van der Waals surface area contributed by atoms with E-state index in [1.807, 2.05) is 18.2 Å². The molecule has 0 fully saturated rings.